The summed E-state index contributed by atoms with van der Waals surface area (Å²) in [4.78, 5) is 53.9. The molecule has 0 aliphatic carbocycles. The van der Waals surface area contributed by atoms with E-state index in [1.807, 2.05) is 22.9 Å². The van der Waals surface area contributed by atoms with E-state index in [-0.39, 0.29) is 36.4 Å². The van der Waals surface area contributed by atoms with Gasteiger partial charge in [-0.25, -0.2) is 4.98 Å². The molecule has 3 heterocycles. The fourth-order valence-electron chi connectivity index (χ4n) is 3.12. The first-order chi connectivity index (χ1) is 14.5. The molecule has 2 aromatic heterocycles. The van der Waals surface area contributed by atoms with Crippen LogP contribution in [0, 0.1) is 10.1 Å². The number of aromatic nitrogens is 1. The van der Waals surface area contributed by atoms with E-state index in [0.717, 1.165) is 15.5 Å². The Labute approximate surface area is 178 Å². The minimum Gasteiger partial charge on any atom is -0.302 e. The van der Waals surface area contributed by atoms with Crippen LogP contribution in [0.2, 0.25) is 0 Å². The lowest BCUT2D eigenvalue weighted by Gasteiger charge is -2.13. The Morgan fingerprint density at radius 3 is 2.73 bits per heavy atom. The number of fused-ring (bicyclic) bond motifs is 1. The summed E-state index contributed by atoms with van der Waals surface area (Å²) in [6.45, 7) is -0.00473. The monoisotopic (exact) mass is 442 g/mol. The maximum absolute atomic E-state index is 12.5. The summed E-state index contributed by atoms with van der Waals surface area (Å²) in [5.41, 5.74) is 0.220. The summed E-state index contributed by atoms with van der Waals surface area (Å²) >= 11 is 2.87. The highest BCUT2D eigenvalue weighted by atomic mass is 32.1. The third kappa shape index (κ3) is 3.72. The molecule has 0 saturated heterocycles. The molecule has 0 bridgehead atoms. The van der Waals surface area contributed by atoms with Crippen LogP contribution in [0.1, 0.15) is 33.6 Å². The number of amides is 3. The molecule has 1 aromatic carbocycles. The molecule has 0 atom stereocenters. The van der Waals surface area contributed by atoms with Gasteiger partial charge in [0.2, 0.25) is 5.91 Å². The highest BCUT2D eigenvalue weighted by Crippen LogP contribution is 2.31. The number of rotatable bonds is 7. The van der Waals surface area contributed by atoms with E-state index < -0.39 is 22.4 Å². The second-order valence-electron chi connectivity index (χ2n) is 6.39. The first-order valence-electron chi connectivity index (χ1n) is 8.88. The van der Waals surface area contributed by atoms with Gasteiger partial charge in [0.1, 0.15) is 5.56 Å². The maximum Gasteiger partial charge on any atom is 0.282 e. The smallest absolute Gasteiger partial charge is 0.282 e. The van der Waals surface area contributed by atoms with Gasteiger partial charge in [0.05, 0.1) is 21.1 Å². The van der Waals surface area contributed by atoms with Gasteiger partial charge in [0.25, 0.3) is 17.5 Å². The molecule has 1 aliphatic heterocycles. The van der Waals surface area contributed by atoms with Crippen LogP contribution in [-0.2, 0) is 4.79 Å². The number of carbonyl (C=O) groups is 3. The Kier molecular flexibility index (Phi) is 5.38. The van der Waals surface area contributed by atoms with Gasteiger partial charge in [-0.3, -0.25) is 29.4 Å². The zero-order valence-electron chi connectivity index (χ0n) is 15.4. The number of imide groups is 1. The SMILES string of the molecule is O=C(CCCN1C(=O)c2cccc([N+](=O)[O-])c2C1=O)Nc1nc(-c2cccs2)cs1. The lowest BCUT2D eigenvalue weighted by Crippen LogP contribution is -2.31. The number of thiazole rings is 1. The molecule has 0 saturated carbocycles. The summed E-state index contributed by atoms with van der Waals surface area (Å²) in [7, 11) is 0. The van der Waals surface area contributed by atoms with Crippen LogP contribution >= 0.6 is 22.7 Å². The van der Waals surface area contributed by atoms with E-state index in [1.54, 1.807) is 11.3 Å². The van der Waals surface area contributed by atoms with Gasteiger partial charge in [-0.2, -0.15) is 0 Å². The first kappa shape index (κ1) is 19.9. The molecular formula is C19H14N4O5S2. The highest BCUT2D eigenvalue weighted by Gasteiger charge is 2.40. The van der Waals surface area contributed by atoms with Crippen molar-refractivity contribution in [1.82, 2.24) is 9.88 Å². The minimum atomic E-state index is -0.705. The molecule has 9 nitrogen and oxygen atoms in total. The standard InChI is InChI=1S/C19H14N4O5S2/c24-15(21-19-20-12(10-30-19)14-6-3-9-29-14)7-2-8-22-17(25)11-4-1-5-13(23(27)28)16(11)18(22)26/h1,3-6,9-10H,2,7-8H2,(H,20,21,24). The molecule has 152 valence electrons. The van der Waals surface area contributed by atoms with Crippen LogP contribution in [0.5, 0.6) is 0 Å². The van der Waals surface area contributed by atoms with Crippen molar-refractivity contribution in [1.29, 1.82) is 0 Å². The predicted molar refractivity (Wildman–Crippen MR) is 112 cm³/mol. The second kappa shape index (κ2) is 8.13. The van der Waals surface area contributed by atoms with Gasteiger partial charge < -0.3 is 5.32 Å². The average Bonchev–Trinajstić information content (AvgIpc) is 3.45. The zero-order chi connectivity index (χ0) is 21.3. The molecule has 0 fully saturated rings. The molecule has 30 heavy (non-hydrogen) atoms. The number of carbonyl (C=O) groups excluding carboxylic acids is 3. The Morgan fingerprint density at radius 2 is 2.00 bits per heavy atom. The van der Waals surface area contributed by atoms with E-state index in [9.17, 15) is 24.5 Å². The maximum atomic E-state index is 12.5. The van der Waals surface area contributed by atoms with E-state index in [4.69, 9.17) is 0 Å². The van der Waals surface area contributed by atoms with Gasteiger partial charge in [-0.15, -0.1) is 22.7 Å². The number of hydrogen-bond donors (Lipinski definition) is 1. The second-order valence-corrected chi connectivity index (χ2v) is 8.19. The molecule has 1 aliphatic rings. The van der Waals surface area contributed by atoms with Crippen LogP contribution in [-0.4, -0.2) is 39.1 Å². The lowest BCUT2D eigenvalue weighted by molar-refractivity contribution is -0.385. The van der Waals surface area contributed by atoms with E-state index in [1.165, 1.54) is 29.5 Å². The summed E-state index contributed by atoms with van der Waals surface area (Å²) in [6.07, 6.45) is 0.303. The van der Waals surface area contributed by atoms with Gasteiger partial charge >= 0.3 is 0 Å². The summed E-state index contributed by atoms with van der Waals surface area (Å²) in [5.74, 6) is -1.58. The third-order valence-corrected chi connectivity index (χ3v) is 6.13. The van der Waals surface area contributed by atoms with Crippen molar-refractivity contribution < 1.29 is 19.3 Å². The molecule has 3 amide bonds. The van der Waals surface area contributed by atoms with Crippen molar-refractivity contribution in [2.24, 2.45) is 0 Å². The normalized spacial score (nSPS) is 12.9. The van der Waals surface area contributed by atoms with Crippen LogP contribution in [0.4, 0.5) is 10.8 Å². The van der Waals surface area contributed by atoms with Crippen LogP contribution in [0.15, 0.2) is 41.1 Å². The number of anilines is 1. The van der Waals surface area contributed by atoms with Crippen molar-refractivity contribution in [3.63, 3.8) is 0 Å². The van der Waals surface area contributed by atoms with Gasteiger partial charge in [0.15, 0.2) is 5.13 Å². The number of hydrogen-bond acceptors (Lipinski definition) is 8. The Hall–Kier alpha value is -3.44. The highest BCUT2D eigenvalue weighted by molar-refractivity contribution is 7.16. The molecule has 11 heteroatoms. The van der Waals surface area contributed by atoms with Crippen LogP contribution < -0.4 is 5.32 Å². The average molecular weight is 442 g/mol. The zero-order valence-corrected chi connectivity index (χ0v) is 17.0. The van der Waals surface area contributed by atoms with E-state index in [2.05, 4.69) is 10.3 Å². The summed E-state index contributed by atoms with van der Waals surface area (Å²) < 4.78 is 0. The van der Waals surface area contributed by atoms with Crippen molar-refractivity contribution in [2.45, 2.75) is 12.8 Å². The van der Waals surface area contributed by atoms with Gasteiger partial charge in [-0.05, 0) is 23.9 Å². The predicted octanol–water partition coefficient (Wildman–Crippen LogP) is 3.79. The van der Waals surface area contributed by atoms with Crippen molar-refractivity contribution >= 4 is 51.2 Å². The Bertz CT molecular complexity index is 1160. The fraction of sp³-hybridized carbons (Fsp3) is 0.158. The number of benzene rings is 1. The Morgan fingerprint density at radius 1 is 1.17 bits per heavy atom. The topological polar surface area (TPSA) is 123 Å². The quantitative estimate of drug-likeness (QED) is 0.337. The molecule has 4 rings (SSSR count). The Balaban J connectivity index is 1.34. The first-order valence-corrected chi connectivity index (χ1v) is 10.6. The summed E-state index contributed by atoms with van der Waals surface area (Å²) in [5, 5.41) is 18.1. The van der Waals surface area contributed by atoms with Crippen molar-refractivity contribution in [3.05, 3.63) is 62.3 Å². The van der Waals surface area contributed by atoms with E-state index >= 15 is 0 Å². The number of nitrogens with one attached hydrogen (secondary N) is 1. The number of nitro benzene ring substituents is 1. The van der Waals surface area contributed by atoms with Crippen molar-refractivity contribution in [2.75, 3.05) is 11.9 Å². The largest absolute Gasteiger partial charge is 0.302 e. The third-order valence-electron chi connectivity index (χ3n) is 4.48. The van der Waals surface area contributed by atoms with Gasteiger partial charge in [-0.1, -0.05) is 12.1 Å². The lowest BCUT2D eigenvalue weighted by atomic mass is 10.1. The van der Waals surface area contributed by atoms with Crippen LogP contribution in [0.3, 0.4) is 0 Å². The number of thiophene rings is 1. The molecule has 0 radical (unpaired) electrons. The molecule has 0 spiro atoms. The van der Waals surface area contributed by atoms with Gasteiger partial charge in [0, 0.05) is 24.4 Å². The molecule has 3 aromatic rings. The molecule has 0 unspecified atom stereocenters. The van der Waals surface area contributed by atoms with Crippen LogP contribution in [0.25, 0.3) is 10.6 Å². The summed E-state index contributed by atoms with van der Waals surface area (Å²) in [6, 6.07) is 7.82. The number of nitrogens with zero attached hydrogens (tertiary/aromatic N) is 3. The number of nitro groups is 1. The van der Waals surface area contributed by atoms with E-state index in [0.29, 0.717) is 5.13 Å². The fourth-order valence-corrected chi connectivity index (χ4v) is 4.61. The van der Waals surface area contributed by atoms with Crippen molar-refractivity contribution in [3.8, 4) is 10.6 Å². The molecular weight excluding hydrogens is 428 g/mol. The molecule has 1 N–H and O–H groups in total. The minimum absolute atomic E-state index is 0.00473.